The van der Waals surface area contributed by atoms with Gasteiger partial charge in [-0.15, -0.1) is 0 Å². The van der Waals surface area contributed by atoms with E-state index in [0.29, 0.717) is 59.6 Å². The number of ketones is 1. The first kappa shape index (κ1) is 31.1. The fraction of sp³-hybridized carbons (Fsp3) is 0.394. The van der Waals surface area contributed by atoms with Crippen LogP contribution < -0.4 is 19.1 Å². The molecule has 1 fully saturated rings. The van der Waals surface area contributed by atoms with Gasteiger partial charge in [-0.1, -0.05) is 31.3 Å². The second-order valence-electron chi connectivity index (χ2n) is 11.2. The van der Waals surface area contributed by atoms with Crippen molar-refractivity contribution in [1.82, 2.24) is 4.98 Å². The van der Waals surface area contributed by atoms with Gasteiger partial charge in [0.25, 0.3) is 5.78 Å². The molecule has 10 nitrogen and oxygen atoms in total. The van der Waals surface area contributed by atoms with Crippen LogP contribution in [0.1, 0.15) is 72.2 Å². The SMILES string of the molecule is CCOc1cc([C@H]2/C(=C(\O)c3ccc4c(c3)C[C@H](C)O4)C(=O)C(=O)N2c2nc(C)c(C(=O)OC)s2)ccc1OCCC(C)C. The summed E-state index contributed by atoms with van der Waals surface area (Å²) in [5.41, 5.74) is 2.02. The van der Waals surface area contributed by atoms with Crippen LogP contribution in [-0.2, 0) is 20.7 Å². The van der Waals surface area contributed by atoms with Crippen molar-refractivity contribution in [2.24, 2.45) is 5.92 Å². The zero-order valence-electron chi connectivity index (χ0n) is 25.6. The Morgan fingerprint density at radius 3 is 2.64 bits per heavy atom. The van der Waals surface area contributed by atoms with Crippen LogP contribution >= 0.6 is 11.3 Å². The summed E-state index contributed by atoms with van der Waals surface area (Å²) in [7, 11) is 1.26. The van der Waals surface area contributed by atoms with Gasteiger partial charge in [0.2, 0.25) is 0 Å². The van der Waals surface area contributed by atoms with Crippen LogP contribution in [0.15, 0.2) is 42.0 Å². The standard InChI is InChI=1S/C33H36N2O8S/c1-7-41-25-16-20(8-11-24(25)42-13-12-17(2)3)27-26(28(36)21-9-10-23-22(15-21)14-18(4)43-23)29(37)31(38)35(27)33-34-19(5)30(44-33)32(39)40-6/h8-11,15-18,27,36H,7,12-14H2,1-6H3/b28-26+/t18-,27-/m0/s1. The summed E-state index contributed by atoms with van der Waals surface area (Å²) >= 11 is 0.942. The summed E-state index contributed by atoms with van der Waals surface area (Å²) < 4.78 is 22.6. The Morgan fingerprint density at radius 2 is 1.93 bits per heavy atom. The molecule has 1 aromatic heterocycles. The van der Waals surface area contributed by atoms with Crippen molar-refractivity contribution in [3.8, 4) is 17.2 Å². The van der Waals surface area contributed by atoms with Crippen molar-refractivity contribution in [2.45, 2.75) is 59.6 Å². The number of anilines is 1. The van der Waals surface area contributed by atoms with Crippen molar-refractivity contribution < 1.29 is 38.4 Å². The first-order valence-electron chi connectivity index (χ1n) is 14.6. The van der Waals surface area contributed by atoms with Crippen LogP contribution in [-0.4, -0.2) is 54.2 Å². The fourth-order valence-corrected chi connectivity index (χ4v) is 6.34. The zero-order valence-corrected chi connectivity index (χ0v) is 26.4. The third kappa shape index (κ3) is 5.88. The normalized spacial score (nSPS) is 18.8. The first-order chi connectivity index (χ1) is 21.0. The van der Waals surface area contributed by atoms with E-state index in [4.69, 9.17) is 18.9 Å². The number of ether oxygens (including phenoxy) is 4. The number of hydrogen-bond donors (Lipinski definition) is 1. The predicted octanol–water partition coefficient (Wildman–Crippen LogP) is 6.01. The molecular weight excluding hydrogens is 584 g/mol. The molecule has 1 amide bonds. The van der Waals surface area contributed by atoms with Crippen LogP contribution in [0.25, 0.3) is 5.76 Å². The number of aromatic nitrogens is 1. The average Bonchev–Trinajstić information content (AvgIpc) is 3.64. The highest BCUT2D eigenvalue weighted by atomic mass is 32.1. The first-order valence-corrected chi connectivity index (χ1v) is 15.4. The van der Waals surface area contributed by atoms with Gasteiger partial charge >= 0.3 is 11.9 Å². The monoisotopic (exact) mass is 620 g/mol. The molecule has 2 aliphatic heterocycles. The molecule has 1 saturated heterocycles. The number of carbonyl (C=O) groups is 3. The third-order valence-electron chi connectivity index (χ3n) is 7.51. The minimum Gasteiger partial charge on any atom is -0.507 e. The lowest BCUT2D eigenvalue weighted by Crippen LogP contribution is -2.29. The summed E-state index contributed by atoms with van der Waals surface area (Å²) in [6.45, 7) is 10.5. The summed E-state index contributed by atoms with van der Waals surface area (Å²) in [6.07, 6.45) is 1.49. The van der Waals surface area contributed by atoms with E-state index in [1.807, 2.05) is 13.8 Å². The molecule has 2 atom stereocenters. The highest BCUT2D eigenvalue weighted by Gasteiger charge is 2.49. The quantitative estimate of drug-likeness (QED) is 0.126. The molecule has 2 aliphatic rings. The number of esters is 1. The van der Waals surface area contributed by atoms with Crippen molar-refractivity contribution in [2.75, 3.05) is 25.2 Å². The van der Waals surface area contributed by atoms with Gasteiger partial charge in [-0.05, 0) is 74.6 Å². The molecule has 0 saturated carbocycles. The molecule has 232 valence electrons. The smallest absolute Gasteiger partial charge is 0.350 e. The zero-order chi connectivity index (χ0) is 31.7. The number of carbonyl (C=O) groups excluding carboxylic acids is 3. The van der Waals surface area contributed by atoms with Gasteiger partial charge in [0.1, 0.15) is 22.5 Å². The van der Waals surface area contributed by atoms with E-state index in [1.165, 1.54) is 12.0 Å². The molecule has 3 heterocycles. The topological polar surface area (TPSA) is 124 Å². The predicted molar refractivity (Wildman–Crippen MR) is 166 cm³/mol. The van der Waals surface area contributed by atoms with Gasteiger partial charge < -0.3 is 24.1 Å². The molecule has 44 heavy (non-hydrogen) atoms. The van der Waals surface area contributed by atoms with E-state index >= 15 is 0 Å². The largest absolute Gasteiger partial charge is 0.507 e. The molecule has 2 aromatic carbocycles. The van der Waals surface area contributed by atoms with Gasteiger partial charge in [-0.3, -0.25) is 14.5 Å². The van der Waals surface area contributed by atoms with Gasteiger partial charge in [-0.25, -0.2) is 9.78 Å². The van der Waals surface area contributed by atoms with Gasteiger partial charge in [0, 0.05) is 12.0 Å². The number of nitrogens with zero attached hydrogens (tertiary/aromatic N) is 2. The number of Topliss-reactive ketones (excluding diaryl/α,β-unsaturated/α-hetero) is 1. The molecular formula is C33H36N2O8S. The summed E-state index contributed by atoms with van der Waals surface area (Å²) in [4.78, 5) is 45.8. The lowest BCUT2D eigenvalue weighted by molar-refractivity contribution is -0.132. The highest BCUT2D eigenvalue weighted by Crippen LogP contribution is 2.46. The van der Waals surface area contributed by atoms with E-state index in [1.54, 1.807) is 43.3 Å². The Morgan fingerprint density at radius 1 is 1.16 bits per heavy atom. The Hall–Kier alpha value is -4.38. The second-order valence-corrected chi connectivity index (χ2v) is 12.2. The van der Waals surface area contributed by atoms with Gasteiger partial charge in [0.15, 0.2) is 16.6 Å². The van der Waals surface area contributed by atoms with Crippen molar-refractivity contribution >= 4 is 39.9 Å². The average molecular weight is 621 g/mol. The number of hydrogen-bond acceptors (Lipinski definition) is 10. The molecule has 11 heteroatoms. The number of fused-ring (bicyclic) bond motifs is 1. The highest BCUT2D eigenvalue weighted by molar-refractivity contribution is 7.17. The van der Waals surface area contributed by atoms with Crippen LogP contribution in [0.2, 0.25) is 0 Å². The van der Waals surface area contributed by atoms with E-state index < -0.39 is 23.7 Å². The number of rotatable bonds is 10. The molecule has 1 N–H and O–H groups in total. The Labute approximate surface area is 260 Å². The molecule has 0 spiro atoms. The molecule has 0 aliphatic carbocycles. The minimum absolute atomic E-state index is 0.0108. The maximum absolute atomic E-state index is 13.7. The second kappa shape index (κ2) is 12.7. The number of aryl methyl sites for hydroxylation is 1. The van der Waals surface area contributed by atoms with E-state index in [-0.39, 0.29) is 27.4 Å². The molecule has 0 radical (unpaired) electrons. The number of aliphatic hydroxyl groups excluding tert-OH is 1. The van der Waals surface area contributed by atoms with Crippen molar-refractivity contribution in [1.29, 1.82) is 0 Å². The van der Waals surface area contributed by atoms with Gasteiger partial charge in [-0.2, -0.15) is 0 Å². The van der Waals surface area contributed by atoms with Crippen LogP contribution in [0.4, 0.5) is 5.13 Å². The molecule has 0 bridgehead atoms. The Bertz CT molecular complexity index is 1640. The Kier molecular flexibility index (Phi) is 8.96. The number of benzene rings is 2. The molecule has 5 rings (SSSR count). The van der Waals surface area contributed by atoms with Crippen LogP contribution in [0.3, 0.4) is 0 Å². The number of methoxy groups -OCH3 is 1. The lowest BCUT2D eigenvalue weighted by atomic mass is 9.94. The summed E-state index contributed by atoms with van der Waals surface area (Å²) in [6, 6.07) is 9.31. The minimum atomic E-state index is -1.07. The third-order valence-corrected chi connectivity index (χ3v) is 8.65. The number of amides is 1. The maximum Gasteiger partial charge on any atom is 0.350 e. The van der Waals surface area contributed by atoms with Crippen LogP contribution in [0, 0.1) is 12.8 Å². The number of aliphatic hydroxyl groups is 1. The van der Waals surface area contributed by atoms with Crippen LogP contribution in [0.5, 0.6) is 17.2 Å². The maximum atomic E-state index is 13.7. The van der Waals surface area contributed by atoms with E-state index in [0.717, 1.165) is 23.3 Å². The number of thiazole rings is 1. The summed E-state index contributed by atoms with van der Waals surface area (Å²) in [5.74, 6) is -0.544. The van der Waals surface area contributed by atoms with Gasteiger partial charge in [0.05, 0.1) is 37.6 Å². The molecule has 3 aromatic rings. The van der Waals surface area contributed by atoms with Crippen molar-refractivity contribution in [3.05, 3.63) is 69.2 Å². The Balaban J connectivity index is 1.66. The van der Waals surface area contributed by atoms with E-state index in [2.05, 4.69) is 18.8 Å². The lowest BCUT2D eigenvalue weighted by Gasteiger charge is -2.24. The molecule has 0 unspecified atom stereocenters. The summed E-state index contributed by atoms with van der Waals surface area (Å²) in [5, 5.41) is 11.8. The van der Waals surface area contributed by atoms with Crippen molar-refractivity contribution in [3.63, 3.8) is 0 Å². The van der Waals surface area contributed by atoms with E-state index in [9.17, 15) is 19.5 Å². The fourth-order valence-electron chi connectivity index (χ4n) is 5.32.